The molecule has 49 heavy (non-hydrogen) atoms. The number of ether oxygens (including phenoxy) is 3. The van der Waals surface area contributed by atoms with E-state index in [-0.39, 0.29) is 41.2 Å². The van der Waals surface area contributed by atoms with Gasteiger partial charge in [0.2, 0.25) is 11.8 Å². The van der Waals surface area contributed by atoms with Crippen molar-refractivity contribution in [2.24, 2.45) is 0 Å². The van der Waals surface area contributed by atoms with Crippen molar-refractivity contribution >= 4 is 27.5 Å². The first-order valence-corrected chi connectivity index (χ1v) is 17.5. The summed E-state index contributed by atoms with van der Waals surface area (Å²) in [6.45, 7) is 5.10. The molecule has 10 nitrogen and oxygen atoms in total. The summed E-state index contributed by atoms with van der Waals surface area (Å²) in [6, 6.07) is 26.6. The normalized spacial score (nSPS) is 12.4. The summed E-state index contributed by atoms with van der Waals surface area (Å²) in [4.78, 5) is 30.3. The number of sulfonamides is 1. The fourth-order valence-corrected chi connectivity index (χ4v) is 6.72. The molecule has 0 spiro atoms. The van der Waals surface area contributed by atoms with Crippen LogP contribution in [0, 0.1) is 6.92 Å². The monoisotopic (exact) mass is 687 g/mol. The highest BCUT2D eigenvalue weighted by Crippen LogP contribution is 2.36. The van der Waals surface area contributed by atoms with Crippen LogP contribution in [0.2, 0.25) is 0 Å². The maximum absolute atomic E-state index is 14.8. The molecule has 0 saturated heterocycles. The summed E-state index contributed by atoms with van der Waals surface area (Å²) in [7, 11) is 0.105. The molecule has 0 saturated carbocycles. The standard InChI is InChI=1S/C38H45N3O7S/c1-7-28(3)39-38(43)35(23-29-12-9-8-10-13-29)40(25-30-14-11-15-31(22-30)46-4)37(42)26-41(34-24-32(47-5)18-21-36(34)48-6)49(44,45)33-19-16-27(2)17-20-33/h8-22,24,28,35H,7,23,25-26H2,1-6H3,(H,39,43)/t28-,35-/m0/s1. The SMILES string of the molecule is CC[C@H](C)NC(=O)[C@H](Cc1ccccc1)N(Cc1cccc(OC)c1)C(=O)CN(c1cc(OC)ccc1OC)S(=O)(=O)c1ccc(C)cc1. The topological polar surface area (TPSA) is 114 Å². The van der Waals surface area contributed by atoms with Crippen LogP contribution < -0.4 is 23.8 Å². The van der Waals surface area contributed by atoms with Gasteiger partial charge in [0.15, 0.2) is 0 Å². The number of rotatable bonds is 16. The third-order valence-corrected chi connectivity index (χ3v) is 10.1. The van der Waals surface area contributed by atoms with E-state index in [1.165, 1.54) is 37.3 Å². The van der Waals surface area contributed by atoms with Gasteiger partial charge in [0.1, 0.15) is 29.8 Å². The third kappa shape index (κ3) is 9.32. The van der Waals surface area contributed by atoms with E-state index >= 15 is 0 Å². The van der Waals surface area contributed by atoms with Crippen LogP contribution in [0.1, 0.15) is 37.0 Å². The summed E-state index contributed by atoms with van der Waals surface area (Å²) in [5.41, 5.74) is 2.53. The molecule has 4 aromatic carbocycles. The van der Waals surface area contributed by atoms with Gasteiger partial charge in [0.05, 0.1) is 31.9 Å². The largest absolute Gasteiger partial charge is 0.497 e. The van der Waals surface area contributed by atoms with Crippen molar-refractivity contribution in [1.29, 1.82) is 0 Å². The van der Waals surface area contributed by atoms with Crippen LogP contribution in [-0.4, -0.2) is 65.1 Å². The van der Waals surface area contributed by atoms with Gasteiger partial charge in [-0.2, -0.15) is 0 Å². The second-order valence-corrected chi connectivity index (χ2v) is 13.6. The predicted octanol–water partition coefficient (Wildman–Crippen LogP) is 5.77. The van der Waals surface area contributed by atoms with Gasteiger partial charge in [0, 0.05) is 25.1 Å². The molecule has 0 aliphatic carbocycles. The minimum atomic E-state index is -4.34. The number of aryl methyl sites for hydroxylation is 1. The Hall–Kier alpha value is -5.03. The van der Waals surface area contributed by atoms with Gasteiger partial charge in [-0.25, -0.2) is 8.42 Å². The van der Waals surface area contributed by atoms with Gasteiger partial charge in [-0.05, 0) is 67.8 Å². The second kappa shape index (κ2) is 16.9. The molecule has 4 aromatic rings. The summed E-state index contributed by atoms with van der Waals surface area (Å²) in [5, 5.41) is 3.05. The van der Waals surface area contributed by atoms with Gasteiger partial charge >= 0.3 is 0 Å². The number of carbonyl (C=O) groups excluding carboxylic acids is 2. The van der Waals surface area contributed by atoms with Gasteiger partial charge in [-0.1, -0.05) is 67.1 Å². The molecule has 0 aromatic heterocycles. The van der Waals surface area contributed by atoms with Crippen LogP contribution in [0.15, 0.2) is 102 Å². The molecule has 4 rings (SSSR count). The van der Waals surface area contributed by atoms with E-state index in [9.17, 15) is 18.0 Å². The summed E-state index contributed by atoms with van der Waals surface area (Å²) >= 11 is 0. The Morgan fingerprint density at radius 3 is 2.08 bits per heavy atom. The van der Waals surface area contributed by atoms with Crippen LogP contribution in [0.3, 0.4) is 0 Å². The Morgan fingerprint density at radius 1 is 0.796 bits per heavy atom. The lowest BCUT2D eigenvalue weighted by molar-refractivity contribution is -0.140. The lowest BCUT2D eigenvalue weighted by Crippen LogP contribution is -2.54. The molecule has 0 aliphatic heterocycles. The maximum atomic E-state index is 14.8. The zero-order chi connectivity index (χ0) is 35.6. The number of nitrogens with one attached hydrogen (secondary N) is 1. The summed E-state index contributed by atoms with van der Waals surface area (Å²) < 4.78 is 46.4. The lowest BCUT2D eigenvalue weighted by atomic mass is 10.0. The van der Waals surface area contributed by atoms with Crippen molar-refractivity contribution in [3.05, 3.63) is 114 Å². The minimum Gasteiger partial charge on any atom is -0.497 e. The number of anilines is 1. The van der Waals surface area contributed by atoms with Gasteiger partial charge in [-0.3, -0.25) is 13.9 Å². The van der Waals surface area contributed by atoms with Crippen molar-refractivity contribution in [3.8, 4) is 17.2 Å². The molecule has 0 unspecified atom stereocenters. The first kappa shape index (κ1) is 36.8. The van der Waals surface area contributed by atoms with Crippen LogP contribution in [-0.2, 0) is 32.6 Å². The molecule has 2 atom stereocenters. The van der Waals surface area contributed by atoms with Crippen molar-refractivity contribution < 1.29 is 32.2 Å². The van der Waals surface area contributed by atoms with E-state index in [1.807, 2.05) is 57.2 Å². The average molecular weight is 688 g/mol. The highest BCUT2D eigenvalue weighted by Gasteiger charge is 2.36. The molecule has 1 N–H and O–H groups in total. The molecule has 0 radical (unpaired) electrons. The Kier molecular flexibility index (Phi) is 12.7. The molecule has 0 bridgehead atoms. The Balaban J connectivity index is 1.88. The minimum absolute atomic E-state index is 0.00883. The summed E-state index contributed by atoms with van der Waals surface area (Å²) in [5.74, 6) is 0.234. The molecule has 0 aliphatic rings. The van der Waals surface area contributed by atoms with Crippen molar-refractivity contribution in [3.63, 3.8) is 0 Å². The molecule has 0 heterocycles. The quantitative estimate of drug-likeness (QED) is 0.159. The van der Waals surface area contributed by atoms with E-state index in [0.717, 1.165) is 15.4 Å². The number of methoxy groups -OCH3 is 3. The number of nitrogens with zero attached hydrogens (tertiary/aromatic N) is 2. The highest BCUT2D eigenvalue weighted by molar-refractivity contribution is 7.92. The van der Waals surface area contributed by atoms with Crippen LogP contribution in [0.5, 0.6) is 17.2 Å². The predicted molar refractivity (Wildman–Crippen MR) is 191 cm³/mol. The first-order valence-electron chi connectivity index (χ1n) is 16.1. The molecular weight excluding hydrogens is 642 g/mol. The lowest BCUT2D eigenvalue weighted by Gasteiger charge is -2.34. The first-order chi connectivity index (χ1) is 23.5. The number of hydrogen-bond donors (Lipinski definition) is 1. The molecule has 11 heteroatoms. The van der Waals surface area contributed by atoms with Crippen molar-refractivity contribution in [2.45, 2.75) is 57.1 Å². The average Bonchev–Trinajstić information content (AvgIpc) is 3.12. The third-order valence-electron chi connectivity index (χ3n) is 8.30. The van der Waals surface area contributed by atoms with Gasteiger partial charge in [-0.15, -0.1) is 0 Å². The second-order valence-electron chi connectivity index (χ2n) is 11.8. The summed E-state index contributed by atoms with van der Waals surface area (Å²) in [6.07, 6.45) is 0.887. The zero-order valence-corrected chi connectivity index (χ0v) is 29.7. The molecule has 0 fully saturated rings. The van der Waals surface area contributed by atoms with E-state index in [4.69, 9.17) is 14.2 Å². The van der Waals surface area contributed by atoms with Crippen LogP contribution in [0.25, 0.3) is 0 Å². The Labute approximate surface area is 289 Å². The smallest absolute Gasteiger partial charge is 0.264 e. The molecule has 2 amide bonds. The molecular formula is C38H45N3O7S. The van der Waals surface area contributed by atoms with E-state index in [2.05, 4.69) is 5.32 Å². The maximum Gasteiger partial charge on any atom is 0.264 e. The van der Waals surface area contributed by atoms with E-state index in [1.54, 1.807) is 49.6 Å². The number of amides is 2. The number of carbonyl (C=O) groups is 2. The van der Waals surface area contributed by atoms with Crippen LogP contribution >= 0.6 is 0 Å². The molecule has 260 valence electrons. The number of hydrogen-bond acceptors (Lipinski definition) is 7. The Morgan fingerprint density at radius 2 is 1.45 bits per heavy atom. The van der Waals surface area contributed by atoms with Gasteiger partial charge in [0.25, 0.3) is 10.0 Å². The Bertz CT molecular complexity index is 1820. The van der Waals surface area contributed by atoms with Gasteiger partial charge < -0.3 is 24.4 Å². The fraction of sp³-hybridized carbons (Fsp3) is 0.316. The highest BCUT2D eigenvalue weighted by atomic mass is 32.2. The fourth-order valence-electron chi connectivity index (χ4n) is 5.31. The van der Waals surface area contributed by atoms with Crippen LogP contribution in [0.4, 0.5) is 5.69 Å². The van der Waals surface area contributed by atoms with E-state index in [0.29, 0.717) is 23.5 Å². The van der Waals surface area contributed by atoms with Crippen molar-refractivity contribution in [1.82, 2.24) is 10.2 Å². The number of benzene rings is 4. The zero-order valence-electron chi connectivity index (χ0n) is 28.9. The van der Waals surface area contributed by atoms with E-state index < -0.39 is 28.5 Å². The van der Waals surface area contributed by atoms with Crippen molar-refractivity contribution in [2.75, 3.05) is 32.2 Å².